The fraction of sp³-hybridized carbons (Fsp3) is 0.333. The number of nitrogens with one attached hydrogen (secondary N) is 2. The Hall–Kier alpha value is -3.02. The van der Waals surface area contributed by atoms with Crippen LogP contribution in [-0.2, 0) is 0 Å². The van der Waals surface area contributed by atoms with Gasteiger partial charge >= 0.3 is 6.03 Å². The highest BCUT2D eigenvalue weighted by atomic mass is 16.5. The molecule has 1 saturated heterocycles. The molecule has 0 spiro atoms. The number of benzene rings is 2. The van der Waals surface area contributed by atoms with Gasteiger partial charge < -0.3 is 20.3 Å². The molecule has 0 aliphatic carbocycles. The van der Waals surface area contributed by atoms with E-state index in [1.54, 1.807) is 12.0 Å². The summed E-state index contributed by atoms with van der Waals surface area (Å²) in [5, 5.41) is 5.96. The first-order chi connectivity index (χ1) is 13.0. The van der Waals surface area contributed by atoms with E-state index >= 15 is 0 Å². The number of methoxy groups -OCH3 is 1. The average Bonchev–Trinajstić information content (AvgIpc) is 2.69. The predicted octanol–water partition coefficient (Wildman–Crippen LogP) is 3.43. The van der Waals surface area contributed by atoms with Crippen LogP contribution in [0.3, 0.4) is 0 Å². The molecule has 142 valence electrons. The Labute approximate surface area is 159 Å². The van der Waals surface area contributed by atoms with Crippen LogP contribution in [0.25, 0.3) is 0 Å². The minimum absolute atomic E-state index is 0.0591. The SMILES string of the molecule is COc1ccc(NC(=O)N2CCC(NC(=O)c3ccc(C)cc3)CC2)cc1. The van der Waals surface area contributed by atoms with E-state index in [2.05, 4.69) is 10.6 Å². The van der Waals surface area contributed by atoms with Crippen LogP contribution in [0.2, 0.25) is 0 Å². The third-order valence-corrected chi connectivity index (χ3v) is 4.77. The van der Waals surface area contributed by atoms with Gasteiger partial charge in [0.15, 0.2) is 0 Å². The molecule has 1 aliphatic heterocycles. The van der Waals surface area contributed by atoms with E-state index in [1.807, 2.05) is 55.5 Å². The topological polar surface area (TPSA) is 70.7 Å². The molecule has 1 fully saturated rings. The number of carbonyl (C=O) groups excluding carboxylic acids is 2. The van der Waals surface area contributed by atoms with E-state index in [-0.39, 0.29) is 18.0 Å². The van der Waals surface area contributed by atoms with Gasteiger partial charge in [-0.2, -0.15) is 0 Å². The Morgan fingerprint density at radius 2 is 1.63 bits per heavy atom. The van der Waals surface area contributed by atoms with Gasteiger partial charge in [0.05, 0.1) is 7.11 Å². The maximum Gasteiger partial charge on any atom is 0.321 e. The molecule has 6 heteroatoms. The summed E-state index contributed by atoms with van der Waals surface area (Å²) in [6.45, 7) is 3.22. The number of likely N-dealkylation sites (tertiary alicyclic amines) is 1. The molecule has 0 unspecified atom stereocenters. The van der Waals surface area contributed by atoms with Crippen molar-refractivity contribution in [3.63, 3.8) is 0 Å². The molecule has 2 aromatic rings. The van der Waals surface area contributed by atoms with Crippen LogP contribution < -0.4 is 15.4 Å². The van der Waals surface area contributed by atoms with Crippen molar-refractivity contribution in [1.29, 1.82) is 0 Å². The minimum Gasteiger partial charge on any atom is -0.497 e. The number of nitrogens with zero attached hydrogens (tertiary/aromatic N) is 1. The minimum atomic E-state index is -0.122. The molecule has 27 heavy (non-hydrogen) atoms. The number of urea groups is 1. The Morgan fingerprint density at radius 1 is 1.00 bits per heavy atom. The lowest BCUT2D eigenvalue weighted by Crippen LogP contribution is -2.47. The molecule has 0 bridgehead atoms. The molecule has 1 aliphatic rings. The number of ether oxygens (including phenoxy) is 1. The van der Waals surface area contributed by atoms with Gasteiger partial charge in [-0.15, -0.1) is 0 Å². The molecule has 0 atom stereocenters. The highest BCUT2D eigenvalue weighted by Crippen LogP contribution is 2.17. The van der Waals surface area contributed by atoms with Crippen molar-refractivity contribution < 1.29 is 14.3 Å². The third-order valence-electron chi connectivity index (χ3n) is 4.77. The molecule has 1 heterocycles. The van der Waals surface area contributed by atoms with Crippen LogP contribution in [0.4, 0.5) is 10.5 Å². The third kappa shape index (κ3) is 5.00. The van der Waals surface area contributed by atoms with Crippen molar-refractivity contribution in [1.82, 2.24) is 10.2 Å². The van der Waals surface area contributed by atoms with Gasteiger partial charge in [0.1, 0.15) is 5.75 Å². The van der Waals surface area contributed by atoms with Gasteiger partial charge in [0.25, 0.3) is 5.91 Å². The summed E-state index contributed by atoms with van der Waals surface area (Å²) >= 11 is 0. The average molecular weight is 367 g/mol. The summed E-state index contributed by atoms with van der Waals surface area (Å²) in [6.07, 6.45) is 1.49. The number of piperidine rings is 1. The van der Waals surface area contributed by atoms with E-state index in [1.165, 1.54) is 0 Å². The lowest BCUT2D eigenvalue weighted by Gasteiger charge is -2.32. The molecular formula is C21H25N3O3. The van der Waals surface area contributed by atoms with Crippen molar-refractivity contribution in [2.45, 2.75) is 25.8 Å². The van der Waals surface area contributed by atoms with Gasteiger partial charge in [0.2, 0.25) is 0 Å². The fourth-order valence-electron chi connectivity index (χ4n) is 3.08. The molecular weight excluding hydrogens is 342 g/mol. The van der Waals surface area contributed by atoms with Crippen LogP contribution in [0.15, 0.2) is 48.5 Å². The zero-order valence-corrected chi connectivity index (χ0v) is 15.7. The molecule has 3 amide bonds. The summed E-state index contributed by atoms with van der Waals surface area (Å²) in [6, 6.07) is 14.7. The first-order valence-electron chi connectivity index (χ1n) is 9.12. The van der Waals surface area contributed by atoms with Crippen molar-refractivity contribution in [3.05, 3.63) is 59.7 Å². The van der Waals surface area contributed by atoms with E-state index < -0.39 is 0 Å². The van der Waals surface area contributed by atoms with Crippen LogP contribution in [0.5, 0.6) is 5.75 Å². The second-order valence-electron chi connectivity index (χ2n) is 6.76. The first kappa shape index (κ1) is 18.8. The van der Waals surface area contributed by atoms with E-state index in [0.717, 1.165) is 29.8 Å². The Balaban J connectivity index is 1.47. The number of aryl methyl sites for hydroxylation is 1. The largest absolute Gasteiger partial charge is 0.497 e. The summed E-state index contributed by atoms with van der Waals surface area (Å²) in [4.78, 5) is 26.5. The fourth-order valence-corrected chi connectivity index (χ4v) is 3.08. The van der Waals surface area contributed by atoms with Crippen molar-refractivity contribution >= 4 is 17.6 Å². The molecule has 0 radical (unpaired) electrons. The van der Waals surface area contributed by atoms with Crippen LogP contribution in [0.1, 0.15) is 28.8 Å². The standard InChI is InChI=1S/C21H25N3O3/c1-15-3-5-16(6-4-15)20(25)22-18-11-13-24(14-12-18)21(26)23-17-7-9-19(27-2)10-8-17/h3-10,18H,11-14H2,1-2H3,(H,22,25)(H,23,26). The Kier molecular flexibility index (Phi) is 5.96. The Morgan fingerprint density at radius 3 is 2.22 bits per heavy atom. The highest BCUT2D eigenvalue weighted by Gasteiger charge is 2.24. The monoisotopic (exact) mass is 367 g/mol. The summed E-state index contributed by atoms with van der Waals surface area (Å²) in [7, 11) is 1.61. The molecule has 2 N–H and O–H groups in total. The quantitative estimate of drug-likeness (QED) is 0.870. The van der Waals surface area contributed by atoms with E-state index in [0.29, 0.717) is 18.7 Å². The molecule has 0 aromatic heterocycles. The number of amides is 3. The molecule has 3 rings (SSSR count). The van der Waals surface area contributed by atoms with Gasteiger partial charge in [-0.3, -0.25) is 4.79 Å². The normalized spacial score (nSPS) is 14.5. The second kappa shape index (κ2) is 8.58. The predicted molar refractivity (Wildman–Crippen MR) is 105 cm³/mol. The molecule has 0 saturated carbocycles. The van der Waals surface area contributed by atoms with Crippen molar-refractivity contribution in [3.8, 4) is 5.75 Å². The summed E-state index contributed by atoms with van der Waals surface area (Å²) < 4.78 is 5.11. The van der Waals surface area contributed by atoms with Crippen LogP contribution in [0, 0.1) is 6.92 Å². The van der Waals surface area contributed by atoms with Gasteiger partial charge in [-0.25, -0.2) is 4.79 Å². The van der Waals surface area contributed by atoms with E-state index in [4.69, 9.17) is 4.74 Å². The number of hydrogen-bond donors (Lipinski definition) is 2. The zero-order valence-electron chi connectivity index (χ0n) is 15.7. The van der Waals surface area contributed by atoms with Gasteiger partial charge in [-0.05, 0) is 56.2 Å². The molecule has 6 nitrogen and oxygen atoms in total. The van der Waals surface area contributed by atoms with Gasteiger partial charge in [0, 0.05) is 30.4 Å². The first-order valence-corrected chi connectivity index (χ1v) is 9.12. The number of hydrogen-bond acceptors (Lipinski definition) is 3. The number of anilines is 1. The maximum atomic E-state index is 12.4. The van der Waals surface area contributed by atoms with Gasteiger partial charge in [-0.1, -0.05) is 17.7 Å². The zero-order chi connectivity index (χ0) is 19.2. The van der Waals surface area contributed by atoms with Crippen molar-refractivity contribution in [2.75, 3.05) is 25.5 Å². The van der Waals surface area contributed by atoms with Crippen LogP contribution >= 0.6 is 0 Å². The Bertz CT molecular complexity index is 779. The number of rotatable bonds is 4. The van der Waals surface area contributed by atoms with Crippen molar-refractivity contribution in [2.24, 2.45) is 0 Å². The number of carbonyl (C=O) groups is 2. The highest BCUT2D eigenvalue weighted by molar-refractivity contribution is 5.94. The summed E-state index contributed by atoms with van der Waals surface area (Å²) in [5.41, 5.74) is 2.53. The smallest absolute Gasteiger partial charge is 0.321 e. The lowest BCUT2D eigenvalue weighted by atomic mass is 10.0. The maximum absolute atomic E-state index is 12.4. The van der Waals surface area contributed by atoms with Crippen LogP contribution in [-0.4, -0.2) is 43.1 Å². The van der Waals surface area contributed by atoms with E-state index in [9.17, 15) is 9.59 Å². The second-order valence-corrected chi connectivity index (χ2v) is 6.76. The molecule has 2 aromatic carbocycles. The lowest BCUT2D eigenvalue weighted by molar-refractivity contribution is 0.0919. The summed E-state index contributed by atoms with van der Waals surface area (Å²) in [5.74, 6) is 0.689.